The lowest BCUT2D eigenvalue weighted by Crippen LogP contribution is -2.13. The number of rotatable bonds is 7. The topological polar surface area (TPSA) is 52.6 Å². The summed E-state index contributed by atoms with van der Waals surface area (Å²) in [7, 11) is 0. The Morgan fingerprint density at radius 3 is 1.67 bits per heavy atom. The van der Waals surface area contributed by atoms with Crippen molar-refractivity contribution in [3.05, 3.63) is 48.0 Å². The van der Waals surface area contributed by atoms with E-state index in [1.165, 1.54) is 0 Å². The zero-order chi connectivity index (χ0) is 21.8. The van der Waals surface area contributed by atoms with E-state index in [-0.39, 0.29) is 23.8 Å². The van der Waals surface area contributed by atoms with Gasteiger partial charge in [0, 0.05) is 34.4 Å². The van der Waals surface area contributed by atoms with E-state index in [9.17, 15) is 9.59 Å². The molecule has 0 aliphatic carbocycles. The number of hydrogen-bond donors (Lipinski definition) is 0. The molecule has 0 saturated heterocycles. The number of hydrogen-bond acceptors (Lipinski definition) is 4. The molecule has 0 N–H and O–H groups in total. The van der Waals surface area contributed by atoms with Gasteiger partial charge in [-0.2, -0.15) is 0 Å². The summed E-state index contributed by atoms with van der Waals surface area (Å²) in [6.45, 7) is 10.0. The van der Waals surface area contributed by atoms with E-state index in [1.807, 2.05) is 70.2 Å². The van der Waals surface area contributed by atoms with Crippen LogP contribution in [0.5, 0.6) is 11.5 Å². The number of fused-ring (bicyclic) bond motifs is 2. The summed E-state index contributed by atoms with van der Waals surface area (Å²) >= 11 is 0. The van der Waals surface area contributed by atoms with Crippen LogP contribution in [0.3, 0.4) is 0 Å². The van der Waals surface area contributed by atoms with Gasteiger partial charge in [-0.05, 0) is 29.9 Å². The quantitative estimate of drug-likeness (QED) is 0.257. The van der Waals surface area contributed by atoms with E-state index in [0.29, 0.717) is 24.3 Å². The van der Waals surface area contributed by atoms with Gasteiger partial charge in [0.1, 0.15) is 11.5 Å². The van der Waals surface area contributed by atoms with Crippen molar-refractivity contribution in [2.24, 2.45) is 11.8 Å². The second-order valence-electron chi connectivity index (χ2n) is 8.58. The van der Waals surface area contributed by atoms with Crippen LogP contribution in [0.1, 0.15) is 53.0 Å². The molecule has 0 aromatic heterocycles. The van der Waals surface area contributed by atoms with Crippen molar-refractivity contribution >= 4 is 33.5 Å². The molecule has 0 amide bonds. The normalized spacial score (nSPS) is 11.4. The Bertz CT molecular complexity index is 1080. The number of benzene rings is 3. The predicted octanol–water partition coefficient (Wildman–Crippen LogP) is 6.46. The summed E-state index contributed by atoms with van der Waals surface area (Å²) < 4.78 is 11.8. The molecule has 0 saturated carbocycles. The fraction of sp³-hybridized carbons (Fsp3) is 0.385. The van der Waals surface area contributed by atoms with Crippen LogP contribution in [-0.2, 0) is 16.0 Å². The second-order valence-corrected chi connectivity index (χ2v) is 8.58. The number of carbonyl (C=O) groups is 2. The Morgan fingerprint density at radius 2 is 1.20 bits per heavy atom. The van der Waals surface area contributed by atoms with Crippen LogP contribution in [0.2, 0.25) is 0 Å². The lowest BCUT2D eigenvalue weighted by Gasteiger charge is -2.17. The first kappa shape index (κ1) is 21.8. The van der Waals surface area contributed by atoms with Crippen molar-refractivity contribution in [2.45, 2.75) is 53.9 Å². The molecule has 0 heterocycles. The van der Waals surface area contributed by atoms with Gasteiger partial charge in [0.05, 0.1) is 0 Å². The second kappa shape index (κ2) is 9.29. The van der Waals surface area contributed by atoms with Gasteiger partial charge < -0.3 is 9.47 Å². The van der Waals surface area contributed by atoms with Gasteiger partial charge in [-0.15, -0.1) is 0 Å². The number of aryl methyl sites for hydroxylation is 1. The number of esters is 2. The summed E-state index contributed by atoms with van der Waals surface area (Å²) in [5, 5.41) is 3.09. The predicted molar refractivity (Wildman–Crippen MR) is 121 cm³/mol. The van der Waals surface area contributed by atoms with Gasteiger partial charge in [-0.3, -0.25) is 9.59 Å². The third kappa shape index (κ3) is 4.81. The minimum absolute atomic E-state index is 0.206. The maximum atomic E-state index is 12.5. The van der Waals surface area contributed by atoms with Gasteiger partial charge in [-0.1, -0.05) is 71.0 Å². The molecule has 0 aliphatic heterocycles. The molecule has 0 aliphatic rings. The van der Waals surface area contributed by atoms with Crippen molar-refractivity contribution in [2.75, 3.05) is 0 Å². The largest absolute Gasteiger partial charge is 0.425 e. The van der Waals surface area contributed by atoms with Gasteiger partial charge >= 0.3 is 11.9 Å². The van der Waals surface area contributed by atoms with Crippen LogP contribution in [0.25, 0.3) is 21.5 Å². The summed E-state index contributed by atoms with van der Waals surface area (Å²) in [4.78, 5) is 25.1. The molecule has 30 heavy (non-hydrogen) atoms. The van der Waals surface area contributed by atoms with E-state index in [1.54, 1.807) is 0 Å². The molecular formula is C26H30O4. The summed E-state index contributed by atoms with van der Waals surface area (Å²) in [5.41, 5.74) is 1.12. The molecule has 0 spiro atoms. The van der Waals surface area contributed by atoms with Crippen LogP contribution in [-0.4, -0.2) is 11.9 Å². The summed E-state index contributed by atoms with van der Waals surface area (Å²) in [6.07, 6.45) is 1.53. The smallest absolute Gasteiger partial charge is 0.311 e. The Hall–Kier alpha value is -2.88. The average Bonchev–Trinajstić information content (AvgIpc) is 2.68. The Kier molecular flexibility index (Phi) is 6.76. The van der Waals surface area contributed by atoms with Crippen LogP contribution < -0.4 is 9.47 Å². The van der Waals surface area contributed by atoms with Crippen molar-refractivity contribution in [3.63, 3.8) is 0 Å². The first-order chi connectivity index (χ1) is 14.3. The highest BCUT2D eigenvalue weighted by atomic mass is 16.5. The Labute approximate surface area is 178 Å². The maximum absolute atomic E-state index is 12.5. The Balaban J connectivity index is 2.25. The first-order valence-corrected chi connectivity index (χ1v) is 10.7. The number of carbonyl (C=O) groups excluding carboxylic acids is 2. The molecule has 0 unspecified atom stereocenters. The highest BCUT2D eigenvalue weighted by Crippen LogP contribution is 2.43. The molecule has 158 valence electrons. The summed E-state index contributed by atoms with van der Waals surface area (Å²) in [6, 6.07) is 13.6. The molecule has 4 heteroatoms. The van der Waals surface area contributed by atoms with Crippen LogP contribution in [0.4, 0.5) is 0 Å². The fourth-order valence-corrected chi connectivity index (χ4v) is 3.56. The SMILES string of the molecule is CCc1ccc2c(OC(=O)CC(C)C)c3ccccc3c(OC(=O)CC(C)C)c2c1. The number of ether oxygens (including phenoxy) is 2. The van der Waals surface area contributed by atoms with E-state index >= 15 is 0 Å². The monoisotopic (exact) mass is 406 g/mol. The van der Waals surface area contributed by atoms with E-state index in [0.717, 1.165) is 33.5 Å². The van der Waals surface area contributed by atoms with Crippen LogP contribution in [0.15, 0.2) is 42.5 Å². The third-order valence-electron chi connectivity index (χ3n) is 4.98. The van der Waals surface area contributed by atoms with E-state index in [2.05, 4.69) is 6.92 Å². The minimum Gasteiger partial charge on any atom is -0.425 e. The summed E-state index contributed by atoms with van der Waals surface area (Å²) in [5.74, 6) is 0.946. The molecule has 0 atom stereocenters. The van der Waals surface area contributed by atoms with E-state index in [4.69, 9.17) is 9.47 Å². The van der Waals surface area contributed by atoms with Gasteiger partial charge in [-0.25, -0.2) is 0 Å². The molecule has 0 radical (unpaired) electrons. The van der Waals surface area contributed by atoms with Crippen LogP contribution >= 0.6 is 0 Å². The van der Waals surface area contributed by atoms with Crippen molar-refractivity contribution in [1.29, 1.82) is 0 Å². The molecule has 3 aromatic carbocycles. The average molecular weight is 407 g/mol. The van der Waals surface area contributed by atoms with Gasteiger partial charge in [0.15, 0.2) is 0 Å². The fourth-order valence-electron chi connectivity index (χ4n) is 3.56. The lowest BCUT2D eigenvalue weighted by atomic mass is 9.98. The zero-order valence-corrected chi connectivity index (χ0v) is 18.5. The van der Waals surface area contributed by atoms with Gasteiger partial charge in [0.25, 0.3) is 0 Å². The van der Waals surface area contributed by atoms with Crippen molar-refractivity contribution < 1.29 is 19.1 Å². The van der Waals surface area contributed by atoms with Crippen molar-refractivity contribution in [3.8, 4) is 11.5 Å². The highest BCUT2D eigenvalue weighted by molar-refractivity contribution is 6.12. The minimum atomic E-state index is -0.263. The van der Waals surface area contributed by atoms with Crippen LogP contribution in [0, 0.1) is 11.8 Å². The Morgan fingerprint density at radius 1 is 0.733 bits per heavy atom. The van der Waals surface area contributed by atoms with E-state index < -0.39 is 0 Å². The molecule has 4 nitrogen and oxygen atoms in total. The lowest BCUT2D eigenvalue weighted by molar-refractivity contribution is -0.136. The first-order valence-electron chi connectivity index (χ1n) is 10.7. The third-order valence-corrected chi connectivity index (χ3v) is 4.98. The molecular weight excluding hydrogens is 376 g/mol. The molecule has 0 fully saturated rings. The van der Waals surface area contributed by atoms with Gasteiger partial charge in [0.2, 0.25) is 0 Å². The molecule has 3 aromatic rings. The zero-order valence-electron chi connectivity index (χ0n) is 18.5. The molecule has 0 bridgehead atoms. The maximum Gasteiger partial charge on any atom is 0.311 e. The van der Waals surface area contributed by atoms with Crippen molar-refractivity contribution in [1.82, 2.24) is 0 Å². The standard InChI is InChI=1S/C26H30O4/c1-6-18-11-12-21-22(15-18)26(30-24(28)14-17(4)5)20-10-8-7-9-19(20)25(21)29-23(27)13-16(2)3/h7-12,15-17H,6,13-14H2,1-5H3. The highest BCUT2D eigenvalue weighted by Gasteiger charge is 2.21. The molecule has 3 rings (SSSR count).